The molecule has 0 bridgehead atoms. The van der Waals surface area contributed by atoms with E-state index >= 15 is 0 Å². The molecule has 0 spiro atoms. The van der Waals surface area contributed by atoms with E-state index in [9.17, 15) is 8.42 Å². The van der Waals surface area contributed by atoms with Gasteiger partial charge < -0.3 is 4.42 Å². The first kappa shape index (κ1) is 12.7. The van der Waals surface area contributed by atoms with E-state index in [4.69, 9.17) is 4.42 Å². The molecule has 0 aliphatic heterocycles. The van der Waals surface area contributed by atoms with E-state index < -0.39 is 10.0 Å². The minimum Gasteiger partial charge on any atom is -0.451 e. The molecule has 2 aromatic heterocycles. The first-order chi connectivity index (χ1) is 8.50. The van der Waals surface area contributed by atoms with Gasteiger partial charge in [0.25, 0.3) is 10.0 Å². The molecule has 1 N–H and O–H groups in total. The number of furan rings is 1. The molecule has 2 heterocycles. The molecule has 0 saturated carbocycles. The lowest BCUT2D eigenvalue weighted by Gasteiger charge is -2.08. The third-order valence-electron chi connectivity index (χ3n) is 2.11. The minimum atomic E-state index is -3.68. The third-order valence-corrected chi connectivity index (χ3v) is 3.70. The molecule has 0 unspecified atom stereocenters. The van der Waals surface area contributed by atoms with Crippen molar-refractivity contribution >= 4 is 10.0 Å². The third kappa shape index (κ3) is 2.57. The van der Waals surface area contributed by atoms with Gasteiger partial charge in [-0.05, 0) is 32.0 Å². The van der Waals surface area contributed by atoms with Gasteiger partial charge in [0.05, 0.1) is 17.5 Å². The van der Waals surface area contributed by atoms with Crippen LogP contribution >= 0.6 is 0 Å². The Morgan fingerprint density at radius 1 is 1.33 bits per heavy atom. The lowest BCUT2D eigenvalue weighted by atomic mass is 10.2. The number of hydrogen-bond donors (Lipinski definition) is 1. The van der Waals surface area contributed by atoms with Crippen LogP contribution in [-0.4, -0.2) is 24.7 Å². The maximum Gasteiger partial charge on any atom is 0.274 e. The molecule has 0 saturated heterocycles. The second kappa shape index (κ2) is 4.87. The Kier molecular flexibility index (Phi) is 3.44. The summed E-state index contributed by atoms with van der Waals surface area (Å²) >= 11 is 0. The second-order valence-corrected chi connectivity index (χ2v) is 5.62. The van der Waals surface area contributed by atoms with E-state index in [1.54, 1.807) is 32.0 Å². The molecule has 0 radical (unpaired) electrons. The summed E-state index contributed by atoms with van der Waals surface area (Å²) in [5, 5.41) is 7.45. The largest absolute Gasteiger partial charge is 0.451 e. The van der Waals surface area contributed by atoms with Crippen LogP contribution in [0.15, 0.2) is 40.2 Å². The minimum absolute atomic E-state index is 0.142. The van der Waals surface area contributed by atoms with Crippen molar-refractivity contribution in [2.24, 2.45) is 0 Å². The summed E-state index contributed by atoms with van der Waals surface area (Å²) in [6.45, 7) is 3.48. The number of sulfonamides is 1. The van der Waals surface area contributed by atoms with Crippen molar-refractivity contribution in [2.75, 3.05) is 0 Å². The smallest absolute Gasteiger partial charge is 0.274 e. The highest BCUT2D eigenvalue weighted by Gasteiger charge is 2.24. The van der Waals surface area contributed by atoms with Gasteiger partial charge in [-0.15, -0.1) is 0 Å². The first-order valence-electron chi connectivity index (χ1n) is 5.38. The van der Waals surface area contributed by atoms with Gasteiger partial charge in [0, 0.05) is 12.2 Å². The molecule has 0 amide bonds. The van der Waals surface area contributed by atoms with Crippen molar-refractivity contribution in [2.45, 2.75) is 25.0 Å². The second-order valence-electron chi connectivity index (χ2n) is 4.01. The SMILES string of the molecule is CC(C)NS(=O)(=O)c1occc1-c1cccnn1. The maximum absolute atomic E-state index is 12.0. The summed E-state index contributed by atoms with van der Waals surface area (Å²) in [5.74, 6) is 0. The highest BCUT2D eigenvalue weighted by atomic mass is 32.2. The molecule has 0 atom stereocenters. The van der Waals surface area contributed by atoms with Gasteiger partial charge in [0.1, 0.15) is 0 Å². The number of hydrogen-bond acceptors (Lipinski definition) is 5. The summed E-state index contributed by atoms with van der Waals surface area (Å²) < 4.78 is 31.6. The van der Waals surface area contributed by atoms with Crippen molar-refractivity contribution in [3.8, 4) is 11.3 Å². The molecule has 0 aliphatic carbocycles. The zero-order valence-electron chi connectivity index (χ0n) is 9.99. The van der Waals surface area contributed by atoms with Crippen molar-refractivity contribution in [3.05, 3.63) is 30.7 Å². The van der Waals surface area contributed by atoms with E-state index in [0.29, 0.717) is 11.3 Å². The van der Waals surface area contributed by atoms with Crippen LogP contribution in [-0.2, 0) is 10.0 Å². The maximum atomic E-state index is 12.0. The van der Waals surface area contributed by atoms with E-state index in [1.165, 1.54) is 12.5 Å². The van der Waals surface area contributed by atoms with Crippen LogP contribution in [0.1, 0.15) is 13.8 Å². The van der Waals surface area contributed by atoms with E-state index in [0.717, 1.165) is 0 Å². The lowest BCUT2D eigenvalue weighted by Crippen LogP contribution is -2.30. The molecule has 2 rings (SSSR count). The Morgan fingerprint density at radius 2 is 2.11 bits per heavy atom. The summed E-state index contributed by atoms with van der Waals surface area (Å²) in [7, 11) is -3.68. The van der Waals surface area contributed by atoms with Gasteiger partial charge in [-0.1, -0.05) is 0 Å². The number of nitrogens with zero attached hydrogens (tertiary/aromatic N) is 2. The Morgan fingerprint density at radius 3 is 2.72 bits per heavy atom. The Balaban J connectivity index is 2.46. The van der Waals surface area contributed by atoms with Crippen molar-refractivity contribution in [1.29, 1.82) is 0 Å². The molecule has 7 heteroatoms. The zero-order chi connectivity index (χ0) is 13.2. The van der Waals surface area contributed by atoms with Crippen LogP contribution in [0.2, 0.25) is 0 Å². The van der Waals surface area contributed by atoms with Crippen molar-refractivity contribution in [1.82, 2.24) is 14.9 Å². The highest BCUT2D eigenvalue weighted by molar-refractivity contribution is 7.89. The predicted octanol–water partition coefficient (Wildman–Crippen LogP) is 1.42. The first-order valence-corrected chi connectivity index (χ1v) is 6.87. The van der Waals surface area contributed by atoms with Crippen LogP contribution in [0.4, 0.5) is 0 Å². The number of rotatable bonds is 4. The van der Waals surface area contributed by atoms with Crippen molar-refractivity contribution < 1.29 is 12.8 Å². The Hall–Kier alpha value is -1.73. The molecule has 18 heavy (non-hydrogen) atoms. The number of nitrogens with one attached hydrogen (secondary N) is 1. The average molecular weight is 267 g/mol. The fourth-order valence-corrected chi connectivity index (χ4v) is 2.87. The highest BCUT2D eigenvalue weighted by Crippen LogP contribution is 2.26. The molecular formula is C11H13N3O3S. The molecular weight excluding hydrogens is 254 g/mol. The van der Waals surface area contributed by atoms with Crippen LogP contribution in [0.25, 0.3) is 11.3 Å². The standard InChI is InChI=1S/C11H13N3O3S/c1-8(2)14-18(15,16)11-9(5-7-17-11)10-4-3-6-12-13-10/h3-8,14H,1-2H3. The van der Waals surface area contributed by atoms with Gasteiger partial charge in [-0.2, -0.15) is 10.2 Å². The van der Waals surface area contributed by atoms with Gasteiger partial charge >= 0.3 is 0 Å². The van der Waals surface area contributed by atoms with E-state index in [1.807, 2.05) is 0 Å². The van der Waals surface area contributed by atoms with E-state index in [-0.39, 0.29) is 11.1 Å². The van der Waals surface area contributed by atoms with Gasteiger partial charge in [-0.25, -0.2) is 13.1 Å². The summed E-state index contributed by atoms with van der Waals surface area (Å²) in [4.78, 5) is 0. The molecule has 0 fully saturated rings. The zero-order valence-corrected chi connectivity index (χ0v) is 10.8. The van der Waals surface area contributed by atoms with Crippen LogP contribution in [0.5, 0.6) is 0 Å². The van der Waals surface area contributed by atoms with Gasteiger partial charge in [0.15, 0.2) is 0 Å². The molecule has 0 aromatic carbocycles. The van der Waals surface area contributed by atoms with Crippen LogP contribution in [0, 0.1) is 0 Å². The fourth-order valence-electron chi connectivity index (χ4n) is 1.50. The quantitative estimate of drug-likeness (QED) is 0.905. The van der Waals surface area contributed by atoms with E-state index in [2.05, 4.69) is 14.9 Å². The normalized spacial score (nSPS) is 11.9. The molecule has 0 aliphatic rings. The molecule has 96 valence electrons. The fraction of sp³-hybridized carbons (Fsp3) is 0.273. The Bertz CT molecular complexity index is 620. The predicted molar refractivity (Wildman–Crippen MR) is 65.2 cm³/mol. The van der Waals surface area contributed by atoms with Crippen LogP contribution < -0.4 is 4.72 Å². The Labute approximate surface area is 105 Å². The monoisotopic (exact) mass is 267 g/mol. The number of aromatic nitrogens is 2. The molecule has 2 aromatic rings. The summed E-state index contributed by atoms with van der Waals surface area (Å²) in [6.07, 6.45) is 2.84. The van der Waals surface area contributed by atoms with Gasteiger partial charge in [-0.3, -0.25) is 0 Å². The summed E-state index contributed by atoms with van der Waals surface area (Å²) in [5.41, 5.74) is 0.853. The lowest BCUT2D eigenvalue weighted by molar-refractivity contribution is 0.445. The van der Waals surface area contributed by atoms with Gasteiger partial charge in [0.2, 0.25) is 5.09 Å². The molecule has 6 nitrogen and oxygen atoms in total. The topological polar surface area (TPSA) is 85.1 Å². The summed E-state index contributed by atoms with van der Waals surface area (Å²) in [6, 6.07) is 4.70. The van der Waals surface area contributed by atoms with Crippen molar-refractivity contribution in [3.63, 3.8) is 0 Å². The average Bonchev–Trinajstić information content (AvgIpc) is 2.78. The van der Waals surface area contributed by atoms with Crippen LogP contribution in [0.3, 0.4) is 0 Å².